The Morgan fingerprint density at radius 1 is 1.44 bits per heavy atom. The van der Waals surface area contributed by atoms with Crippen LogP contribution in [-0.2, 0) is 4.84 Å². The number of nitrogens with zero attached hydrogens (tertiary/aromatic N) is 1. The molecule has 16 heavy (non-hydrogen) atoms. The van der Waals surface area contributed by atoms with E-state index in [1.807, 2.05) is 0 Å². The molecule has 1 aromatic carbocycles. The summed E-state index contributed by atoms with van der Waals surface area (Å²) in [5.41, 5.74) is 3.77. The second kappa shape index (κ2) is 3.43. The lowest BCUT2D eigenvalue weighted by atomic mass is 9.92. The molecule has 0 unspecified atom stereocenters. The van der Waals surface area contributed by atoms with Gasteiger partial charge in [-0.2, -0.15) is 5.48 Å². The Hall–Kier alpha value is -1.66. The Morgan fingerprint density at radius 2 is 2.31 bits per heavy atom. The van der Waals surface area contributed by atoms with Crippen LogP contribution in [0.2, 0.25) is 0 Å². The summed E-state index contributed by atoms with van der Waals surface area (Å²) in [5.74, 6) is 0.930. The molecule has 6 heteroatoms. The molecular formula is C10H10N2O4. The number of non-ortho nitro benzene ring substituents is 1. The first-order chi connectivity index (χ1) is 7.75. The number of rotatable bonds is 1. The molecule has 84 valence electrons. The van der Waals surface area contributed by atoms with E-state index in [0.717, 1.165) is 5.56 Å². The largest absolute Gasteiger partial charge is 0.493 e. The molecule has 2 atom stereocenters. The molecule has 2 aliphatic rings. The summed E-state index contributed by atoms with van der Waals surface area (Å²) in [4.78, 5) is 15.4. The number of hydroxylamine groups is 1. The number of benzene rings is 1. The van der Waals surface area contributed by atoms with Crippen LogP contribution in [0.5, 0.6) is 5.75 Å². The number of hydrogen-bond acceptors (Lipinski definition) is 5. The first kappa shape index (κ1) is 9.56. The summed E-state index contributed by atoms with van der Waals surface area (Å²) in [5, 5.41) is 10.7. The maximum absolute atomic E-state index is 10.7. The van der Waals surface area contributed by atoms with Gasteiger partial charge in [-0.25, -0.2) is 0 Å². The van der Waals surface area contributed by atoms with E-state index >= 15 is 0 Å². The van der Waals surface area contributed by atoms with Crippen LogP contribution in [0, 0.1) is 16.0 Å². The Balaban J connectivity index is 2.05. The summed E-state index contributed by atoms with van der Waals surface area (Å²) in [6.45, 7) is 1.16. The molecule has 0 aromatic heterocycles. The van der Waals surface area contributed by atoms with Crippen molar-refractivity contribution in [2.45, 2.75) is 6.04 Å². The average Bonchev–Trinajstić information content (AvgIpc) is 2.76. The van der Waals surface area contributed by atoms with Crippen molar-refractivity contribution >= 4 is 5.69 Å². The van der Waals surface area contributed by atoms with E-state index < -0.39 is 4.92 Å². The van der Waals surface area contributed by atoms with Crippen molar-refractivity contribution in [1.82, 2.24) is 5.48 Å². The minimum absolute atomic E-state index is 0.00338. The normalized spacial score (nSPS) is 26.8. The second-order valence-electron chi connectivity index (χ2n) is 3.96. The zero-order chi connectivity index (χ0) is 11.1. The molecule has 2 aliphatic heterocycles. The predicted molar refractivity (Wildman–Crippen MR) is 53.9 cm³/mol. The van der Waals surface area contributed by atoms with Crippen LogP contribution in [0.4, 0.5) is 5.69 Å². The van der Waals surface area contributed by atoms with Crippen molar-refractivity contribution in [1.29, 1.82) is 0 Å². The molecule has 0 saturated carbocycles. The molecule has 2 heterocycles. The number of nitrogens with one attached hydrogen (secondary N) is 1. The molecular weight excluding hydrogens is 212 g/mol. The first-order valence-corrected chi connectivity index (χ1v) is 5.04. The summed E-state index contributed by atoms with van der Waals surface area (Å²) in [6.07, 6.45) is 0. The van der Waals surface area contributed by atoms with Crippen LogP contribution >= 0.6 is 0 Å². The molecule has 0 radical (unpaired) electrons. The number of nitro groups is 1. The summed E-state index contributed by atoms with van der Waals surface area (Å²) < 4.78 is 5.53. The van der Waals surface area contributed by atoms with Crippen molar-refractivity contribution in [3.63, 3.8) is 0 Å². The number of nitro benzene ring substituents is 1. The Labute approximate surface area is 91.3 Å². The van der Waals surface area contributed by atoms with E-state index in [4.69, 9.17) is 9.57 Å². The van der Waals surface area contributed by atoms with Gasteiger partial charge in [0, 0.05) is 23.6 Å². The van der Waals surface area contributed by atoms with Gasteiger partial charge < -0.3 is 9.57 Å². The molecule has 6 nitrogen and oxygen atoms in total. The van der Waals surface area contributed by atoms with E-state index in [2.05, 4.69) is 5.48 Å². The maximum atomic E-state index is 10.7. The minimum atomic E-state index is -0.403. The van der Waals surface area contributed by atoms with Crippen LogP contribution in [-0.4, -0.2) is 18.1 Å². The average molecular weight is 222 g/mol. The van der Waals surface area contributed by atoms with Crippen molar-refractivity contribution < 1.29 is 14.5 Å². The van der Waals surface area contributed by atoms with E-state index in [0.29, 0.717) is 19.0 Å². The molecule has 1 N–H and O–H groups in total. The van der Waals surface area contributed by atoms with Gasteiger partial charge in [0.05, 0.1) is 24.2 Å². The topological polar surface area (TPSA) is 73.6 Å². The van der Waals surface area contributed by atoms with Gasteiger partial charge in [0.15, 0.2) is 0 Å². The molecule has 0 aliphatic carbocycles. The third-order valence-corrected chi connectivity index (χ3v) is 2.97. The Kier molecular flexibility index (Phi) is 2.05. The summed E-state index contributed by atoms with van der Waals surface area (Å²) >= 11 is 0. The molecule has 1 saturated heterocycles. The summed E-state index contributed by atoms with van der Waals surface area (Å²) in [6, 6.07) is 4.65. The molecule has 3 rings (SSSR count). The lowest BCUT2D eigenvalue weighted by Gasteiger charge is -2.26. The SMILES string of the molecule is O=[N+]([O-])c1ccc2c(c1)[C@@H]1NOC[C@@H]1CO2. The van der Waals surface area contributed by atoms with Crippen LogP contribution in [0.3, 0.4) is 0 Å². The standard InChI is InChI=1S/C10H10N2O4/c13-12(14)7-1-2-9-8(3-7)10-6(4-15-9)5-16-11-10/h1-3,6,10-11H,4-5H2/t6-,10+/m0/s1. The van der Waals surface area contributed by atoms with E-state index in [9.17, 15) is 10.1 Å². The third kappa shape index (κ3) is 1.35. The maximum Gasteiger partial charge on any atom is 0.270 e. The van der Waals surface area contributed by atoms with Crippen LogP contribution < -0.4 is 10.2 Å². The highest BCUT2D eigenvalue weighted by molar-refractivity contribution is 5.46. The van der Waals surface area contributed by atoms with Crippen LogP contribution in [0.1, 0.15) is 11.6 Å². The van der Waals surface area contributed by atoms with Crippen molar-refractivity contribution in [3.05, 3.63) is 33.9 Å². The van der Waals surface area contributed by atoms with E-state index in [1.165, 1.54) is 6.07 Å². The molecule has 1 aromatic rings. The number of fused-ring (bicyclic) bond motifs is 3. The van der Waals surface area contributed by atoms with Gasteiger partial charge in [-0.15, -0.1) is 0 Å². The van der Waals surface area contributed by atoms with Crippen molar-refractivity contribution in [2.75, 3.05) is 13.2 Å². The lowest BCUT2D eigenvalue weighted by molar-refractivity contribution is -0.385. The van der Waals surface area contributed by atoms with E-state index in [-0.39, 0.29) is 17.6 Å². The first-order valence-electron chi connectivity index (χ1n) is 5.04. The minimum Gasteiger partial charge on any atom is -0.493 e. The third-order valence-electron chi connectivity index (χ3n) is 2.97. The fraction of sp³-hybridized carbons (Fsp3) is 0.400. The van der Waals surface area contributed by atoms with Gasteiger partial charge in [0.1, 0.15) is 5.75 Å². The summed E-state index contributed by atoms with van der Waals surface area (Å²) in [7, 11) is 0. The zero-order valence-corrected chi connectivity index (χ0v) is 8.38. The van der Waals surface area contributed by atoms with Gasteiger partial charge in [-0.1, -0.05) is 0 Å². The molecule has 0 bridgehead atoms. The van der Waals surface area contributed by atoms with Gasteiger partial charge in [0.2, 0.25) is 0 Å². The smallest absolute Gasteiger partial charge is 0.270 e. The van der Waals surface area contributed by atoms with Gasteiger partial charge in [0.25, 0.3) is 5.69 Å². The van der Waals surface area contributed by atoms with E-state index in [1.54, 1.807) is 12.1 Å². The quantitative estimate of drug-likeness (QED) is 0.570. The number of ether oxygens (including phenoxy) is 1. The van der Waals surface area contributed by atoms with Crippen molar-refractivity contribution in [3.8, 4) is 5.75 Å². The molecule has 0 spiro atoms. The second-order valence-corrected chi connectivity index (χ2v) is 3.96. The van der Waals surface area contributed by atoms with Crippen LogP contribution in [0.15, 0.2) is 18.2 Å². The predicted octanol–water partition coefficient (Wildman–Crippen LogP) is 1.18. The molecule has 0 amide bonds. The monoisotopic (exact) mass is 222 g/mol. The fourth-order valence-electron chi connectivity index (χ4n) is 2.12. The van der Waals surface area contributed by atoms with Gasteiger partial charge in [-0.3, -0.25) is 10.1 Å². The Morgan fingerprint density at radius 3 is 3.12 bits per heavy atom. The fourth-order valence-corrected chi connectivity index (χ4v) is 2.12. The lowest BCUT2D eigenvalue weighted by Crippen LogP contribution is -2.27. The highest BCUT2D eigenvalue weighted by atomic mass is 16.7. The highest BCUT2D eigenvalue weighted by Crippen LogP contribution is 2.39. The zero-order valence-electron chi connectivity index (χ0n) is 8.38. The van der Waals surface area contributed by atoms with Crippen molar-refractivity contribution in [2.24, 2.45) is 5.92 Å². The van der Waals surface area contributed by atoms with Gasteiger partial charge >= 0.3 is 0 Å². The van der Waals surface area contributed by atoms with Gasteiger partial charge in [-0.05, 0) is 6.07 Å². The Bertz CT molecular complexity index is 448. The highest BCUT2D eigenvalue weighted by Gasteiger charge is 2.36. The molecule has 1 fully saturated rings. The van der Waals surface area contributed by atoms with Crippen LogP contribution in [0.25, 0.3) is 0 Å². The number of hydrogen-bond donors (Lipinski definition) is 1.